The summed E-state index contributed by atoms with van der Waals surface area (Å²) in [4.78, 5) is 17.2. The van der Waals surface area contributed by atoms with Crippen LogP contribution >= 0.6 is 34.5 Å². The summed E-state index contributed by atoms with van der Waals surface area (Å²) in [5, 5.41) is 24.3. The molecule has 2 N–H and O–H groups in total. The first kappa shape index (κ1) is 22.8. The number of nitrogens with one attached hydrogen (secondary N) is 1. The maximum atomic E-state index is 12.7. The molecule has 33 heavy (non-hydrogen) atoms. The van der Waals surface area contributed by atoms with Crippen LogP contribution in [0, 0.1) is 17.2 Å². The van der Waals surface area contributed by atoms with Crippen LogP contribution in [-0.4, -0.2) is 16.0 Å². The maximum absolute atomic E-state index is 12.7. The number of phenols is 1. The van der Waals surface area contributed by atoms with E-state index in [1.54, 1.807) is 0 Å². The highest BCUT2D eigenvalue weighted by molar-refractivity contribution is 7.14. The molecule has 5 nitrogen and oxygen atoms in total. The van der Waals surface area contributed by atoms with Crippen molar-refractivity contribution in [1.29, 1.82) is 5.26 Å². The van der Waals surface area contributed by atoms with Crippen LogP contribution in [0.1, 0.15) is 5.56 Å². The fraction of sp³-hybridized carbons (Fsp3) is 0.0800. The minimum Gasteiger partial charge on any atom is -0.505 e. The number of amides is 1. The largest absolute Gasteiger partial charge is 0.505 e. The number of phenolic OH excluding ortho intramolecular Hbond substituents is 1. The number of carbonyl (C=O) groups excluding carboxylic acids is 1. The van der Waals surface area contributed by atoms with E-state index in [-0.39, 0.29) is 22.2 Å². The monoisotopic (exact) mass is 493 g/mol. The predicted octanol–water partition coefficient (Wildman–Crippen LogP) is 6.81. The molecule has 0 saturated heterocycles. The number of halogens is 2. The van der Waals surface area contributed by atoms with Gasteiger partial charge in [-0.05, 0) is 41.3 Å². The molecule has 0 aliphatic rings. The zero-order chi connectivity index (χ0) is 23.4. The molecule has 0 radical (unpaired) electrons. The van der Waals surface area contributed by atoms with Gasteiger partial charge in [0.2, 0.25) is 5.91 Å². The molecule has 0 fully saturated rings. The van der Waals surface area contributed by atoms with Gasteiger partial charge in [0.15, 0.2) is 10.9 Å². The molecule has 0 aliphatic heterocycles. The van der Waals surface area contributed by atoms with Crippen molar-refractivity contribution in [2.75, 3.05) is 5.32 Å². The lowest BCUT2D eigenvalue weighted by atomic mass is 10.00. The minimum absolute atomic E-state index is 0.0666. The average Bonchev–Trinajstić information content (AvgIpc) is 3.30. The van der Waals surface area contributed by atoms with Crippen molar-refractivity contribution < 1.29 is 9.90 Å². The van der Waals surface area contributed by atoms with Gasteiger partial charge in [0.25, 0.3) is 0 Å². The van der Waals surface area contributed by atoms with Gasteiger partial charge in [-0.1, -0.05) is 71.7 Å². The number of hydrogen-bond donors (Lipinski definition) is 2. The third kappa shape index (κ3) is 5.35. The van der Waals surface area contributed by atoms with Crippen molar-refractivity contribution in [1.82, 2.24) is 4.98 Å². The van der Waals surface area contributed by atoms with Crippen molar-refractivity contribution in [3.05, 3.63) is 87.7 Å². The SMILES string of the molecule is N#CC(Cc1cc(Cl)c(O)c(Cl)c1)C(=O)Nc1nc(-c2cccc(-c3ccccc3)c2)cs1. The molecular formula is C25H17Cl2N3O2S. The van der Waals surface area contributed by atoms with E-state index in [4.69, 9.17) is 23.2 Å². The molecule has 1 atom stereocenters. The van der Waals surface area contributed by atoms with E-state index >= 15 is 0 Å². The van der Waals surface area contributed by atoms with Crippen molar-refractivity contribution in [2.45, 2.75) is 6.42 Å². The summed E-state index contributed by atoms with van der Waals surface area (Å²) in [6, 6.07) is 23.0. The molecule has 3 aromatic carbocycles. The molecule has 1 aromatic heterocycles. The average molecular weight is 494 g/mol. The van der Waals surface area contributed by atoms with Gasteiger partial charge in [-0.3, -0.25) is 4.79 Å². The van der Waals surface area contributed by atoms with E-state index in [9.17, 15) is 15.2 Å². The van der Waals surface area contributed by atoms with Gasteiger partial charge in [-0.2, -0.15) is 5.26 Å². The van der Waals surface area contributed by atoms with E-state index in [1.165, 1.54) is 23.5 Å². The van der Waals surface area contributed by atoms with E-state index in [2.05, 4.69) is 10.3 Å². The van der Waals surface area contributed by atoms with Gasteiger partial charge >= 0.3 is 0 Å². The van der Waals surface area contributed by atoms with Crippen LogP contribution in [0.3, 0.4) is 0 Å². The Balaban J connectivity index is 1.48. The normalized spacial score (nSPS) is 11.5. The predicted molar refractivity (Wildman–Crippen MR) is 133 cm³/mol. The number of nitriles is 1. The Morgan fingerprint density at radius 3 is 2.39 bits per heavy atom. The molecule has 0 bridgehead atoms. The molecule has 8 heteroatoms. The van der Waals surface area contributed by atoms with E-state index in [0.29, 0.717) is 10.7 Å². The summed E-state index contributed by atoms with van der Waals surface area (Å²) < 4.78 is 0. The topological polar surface area (TPSA) is 86.0 Å². The van der Waals surface area contributed by atoms with Gasteiger partial charge in [-0.15, -0.1) is 11.3 Å². The number of benzene rings is 3. The number of thiazole rings is 1. The smallest absolute Gasteiger partial charge is 0.243 e. The highest BCUT2D eigenvalue weighted by Crippen LogP contribution is 2.34. The molecule has 0 spiro atoms. The van der Waals surface area contributed by atoms with Crippen LogP contribution in [0.5, 0.6) is 5.75 Å². The molecule has 1 heterocycles. The highest BCUT2D eigenvalue weighted by Gasteiger charge is 2.21. The summed E-state index contributed by atoms with van der Waals surface area (Å²) in [5.74, 6) is -1.68. The van der Waals surface area contributed by atoms with Crippen LogP contribution in [0.2, 0.25) is 10.0 Å². The maximum Gasteiger partial charge on any atom is 0.243 e. The Hall–Kier alpha value is -3.37. The molecule has 1 amide bonds. The Morgan fingerprint density at radius 2 is 1.70 bits per heavy atom. The Kier molecular flexibility index (Phi) is 6.95. The second-order valence-corrected chi connectivity index (χ2v) is 8.94. The number of rotatable bonds is 6. The van der Waals surface area contributed by atoms with Crippen LogP contribution in [0.4, 0.5) is 5.13 Å². The lowest BCUT2D eigenvalue weighted by Crippen LogP contribution is -2.23. The van der Waals surface area contributed by atoms with Gasteiger partial charge in [0, 0.05) is 10.9 Å². The van der Waals surface area contributed by atoms with Crippen LogP contribution in [0.25, 0.3) is 22.4 Å². The summed E-state index contributed by atoms with van der Waals surface area (Å²) >= 11 is 13.2. The van der Waals surface area contributed by atoms with Crippen molar-refractivity contribution in [2.24, 2.45) is 5.92 Å². The van der Waals surface area contributed by atoms with Gasteiger partial charge in [-0.25, -0.2) is 4.98 Å². The zero-order valence-corrected chi connectivity index (χ0v) is 19.5. The van der Waals surface area contributed by atoms with Gasteiger partial charge in [0.1, 0.15) is 5.92 Å². The molecule has 0 aliphatic carbocycles. The number of aromatic hydroxyl groups is 1. The van der Waals surface area contributed by atoms with Crippen molar-refractivity contribution in [3.8, 4) is 34.2 Å². The number of nitrogens with zero attached hydrogens (tertiary/aromatic N) is 2. The Morgan fingerprint density at radius 1 is 1.03 bits per heavy atom. The zero-order valence-electron chi connectivity index (χ0n) is 17.1. The lowest BCUT2D eigenvalue weighted by molar-refractivity contribution is -0.118. The highest BCUT2D eigenvalue weighted by atomic mass is 35.5. The van der Waals surface area contributed by atoms with E-state index in [1.807, 2.05) is 66.0 Å². The lowest BCUT2D eigenvalue weighted by Gasteiger charge is -2.10. The van der Waals surface area contributed by atoms with Crippen LogP contribution in [-0.2, 0) is 11.2 Å². The van der Waals surface area contributed by atoms with Crippen molar-refractivity contribution in [3.63, 3.8) is 0 Å². The number of anilines is 1. The molecule has 4 aromatic rings. The first-order chi connectivity index (χ1) is 15.9. The van der Waals surface area contributed by atoms with Gasteiger partial charge < -0.3 is 10.4 Å². The summed E-state index contributed by atoms with van der Waals surface area (Å²) in [6.07, 6.45) is 0.0966. The van der Waals surface area contributed by atoms with Crippen molar-refractivity contribution >= 4 is 45.6 Å². The molecule has 1 unspecified atom stereocenters. The standard InChI is InChI=1S/C25H17Cl2N3O2S/c26-20-10-15(11-21(27)23(20)31)9-19(13-28)24(32)30-25-29-22(14-33-25)18-8-4-7-17(12-18)16-5-2-1-3-6-16/h1-8,10-12,14,19,31H,9H2,(H,29,30,32). The first-order valence-corrected chi connectivity index (χ1v) is 11.6. The molecule has 164 valence electrons. The third-order valence-electron chi connectivity index (χ3n) is 4.99. The van der Waals surface area contributed by atoms with E-state index in [0.717, 1.165) is 22.4 Å². The fourth-order valence-electron chi connectivity index (χ4n) is 3.31. The molecule has 4 rings (SSSR count). The Bertz CT molecular complexity index is 1330. The fourth-order valence-corrected chi connectivity index (χ4v) is 4.57. The minimum atomic E-state index is -0.976. The number of carbonyl (C=O) groups is 1. The number of aromatic nitrogens is 1. The second-order valence-electron chi connectivity index (χ2n) is 7.27. The summed E-state index contributed by atoms with van der Waals surface area (Å²) in [7, 11) is 0. The van der Waals surface area contributed by atoms with Crippen LogP contribution < -0.4 is 5.32 Å². The Labute approximate surface area is 204 Å². The molecule has 0 saturated carbocycles. The number of hydrogen-bond acceptors (Lipinski definition) is 5. The summed E-state index contributed by atoms with van der Waals surface area (Å²) in [6.45, 7) is 0. The molecular weight excluding hydrogens is 477 g/mol. The van der Waals surface area contributed by atoms with Gasteiger partial charge in [0.05, 0.1) is 21.8 Å². The van der Waals surface area contributed by atoms with E-state index < -0.39 is 11.8 Å². The first-order valence-electron chi connectivity index (χ1n) is 9.93. The summed E-state index contributed by atoms with van der Waals surface area (Å²) in [5.41, 5.74) is 4.41. The quantitative estimate of drug-likeness (QED) is 0.308. The third-order valence-corrected chi connectivity index (χ3v) is 6.32. The van der Waals surface area contributed by atoms with Crippen LogP contribution in [0.15, 0.2) is 72.1 Å². The second kappa shape index (κ2) is 10.1.